The predicted octanol–water partition coefficient (Wildman–Crippen LogP) is 2.02. The molecule has 18 heavy (non-hydrogen) atoms. The minimum absolute atomic E-state index is 0.0584. The molecule has 2 N–H and O–H groups in total. The van der Waals surface area contributed by atoms with Gasteiger partial charge in [0.25, 0.3) is 0 Å². The Bertz CT molecular complexity index is 383. The number of nitrogens with one attached hydrogen (secondary N) is 2. The van der Waals surface area contributed by atoms with Gasteiger partial charge in [0.2, 0.25) is 5.91 Å². The fraction of sp³-hybridized carbons (Fsp3) is 0.500. The van der Waals surface area contributed by atoms with Crippen LogP contribution in [0.2, 0.25) is 0 Å². The lowest BCUT2D eigenvalue weighted by atomic mass is 10.0. The Balaban J connectivity index is 1.80. The molecule has 1 amide bonds. The maximum Gasteiger partial charge on any atom is 0.221 e. The summed E-state index contributed by atoms with van der Waals surface area (Å²) in [5.41, 5.74) is 0.800. The lowest BCUT2D eigenvalue weighted by Crippen LogP contribution is -2.33. The Hall–Kier alpha value is -1.55. The largest absolute Gasteiger partial charge is 0.493 e. The highest BCUT2D eigenvalue weighted by molar-refractivity contribution is 5.88. The van der Waals surface area contributed by atoms with Gasteiger partial charge < -0.3 is 15.4 Å². The van der Waals surface area contributed by atoms with Crippen LogP contribution >= 0.6 is 0 Å². The van der Waals surface area contributed by atoms with Crippen molar-refractivity contribution in [2.24, 2.45) is 5.92 Å². The number of anilines is 1. The number of carbonyl (C=O) groups excluding carboxylic acids is 1. The molecule has 1 saturated heterocycles. The molecule has 4 heteroatoms. The molecule has 0 radical (unpaired) electrons. The molecule has 1 aliphatic heterocycles. The third kappa shape index (κ3) is 4.04. The van der Waals surface area contributed by atoms with Crippen LogP contribution in [0.1, 0.15) is 19.8 Å². The fourth-order valence-corrected chi connectivity index (χ4v) is 2.12. The van der Waals surface area contributed by atoms with E-state index in [9.17, 15) is 4.79 Å². The summed E-state index contributed by atoms with van der Waals surface area (Å²) in [5, 5.41) is 6.11. The first-order valence-corrected chi connectivity index (χ1v) is 6.45. The van der Waals surface area contributed by atoms with Gasteiger partial charge in [0.1, 0.15) is 5.75 Å². The van der Waals surface area contributed by atoms with Crippen molar-refractivity contribution < 1.29 is 9.53 Å². The first-order chi connectivity index (χ1) is 8.74. The molecule has 2 rings (SSSR count). The van der Waals surface area contributed by atoms with Gasteiger partial charge in [0, 0.05) is 25.1 Å². The van der Waals surface area contributed by atoms with Gasteiger partial charge in [-0.05, 0) is 43.7 Å². The average Bonchev–Trinajstić information content (AvgIpc) is 2.38. The Kier molecular flexibility index (Phi) is 4.59. The molecule has 1 unspecified atom stereocenters. The van der Waals surface area contributed by atoms with Gasteiger partial charge in [-0.3, -0.25) is 4.79 Å². The summed E-state index contributed by atoms with van der Waals surface area (Å²) in [6, 6.07) is 7.49. The second kappa shape index (κ2) is 6.40. The van der Waals surface area contributed by atoms with Gasteiger partial charge in [-0.2, -0.15) is 0 Å². The lowest BCUT2D eigenvalue weighted by molar-refractivity contribution is -0.114. The number of piperidine rings is 1. The van der Waals surface area contributed by atoms with Crippen molar-refractivity contribution in [2.75, 3.05) is 25.0 Å². The molecule has 98 valence electrons. The maximum atomic E-state index is 10.9. The molecule has 1 heterocycles. The summed E-state index contributed by atoms with van der Waals surface area (Å²) in [6.07, 6.45) is 2.46. The third-order valence-corrected chi connectivity index (χ3v) is 3.06. The van der Waals surface area contributed by atoms with Gasteiger partial charge in [0.05, 0.1) is 6.61 Å². The summed E-state index contributed by atoms with van der Waals surface area (Å²) in [5.74, 6) is 1.40. The molecule has 4 nitrogen and oxygen atoms in total. The molecule has 1 aromatic carbocycles. The predicted molar refractivity (Wildman–Crippen MR) is 71.8 cm³/mol. The zero-order chi connectivity index (χ0) is 12.8. The van der Waals surface area contributed by atoms with Gasteiger partial charge in [0.15, 0.2) is 0 Å². The SMILES string of the molecule is CC(=O)Nc1ccc(OCC2CCCNC2)cc1. The highest BCUT2D eigenvalue weighted by Crippen LogP contribution is 2.18. The van der Waals surface area contributed by atoms with E-state index in [0.29, 0.717) is 5.92 Å². The van der Waals surface area contributed by atoms with E-state index in [1.54, 1.807) is 0 Å². The van der Waals surface area contributed by atoms with Crippen LogP contribution < -0.4 is 15.4 Å². The van der Waals surface area contributed by atoms with Crippen molar-refractivity contribution in [2.45, 2.75) is 19.8 Å². The number of ether oxygens (including phenoxy) is 1. The van der Waals surface area contributed by atoms with E-state index >= 15 is 0 Å². The number of hydrogen-bond acceptors (Lipinski definition) is 3. The Morgan fingerprint density at radius 1 is 1.44 bits per heavy atom. The Morgan fingerprint density at radius 2 is 2.22 bits per heavy atom. The summed E-state index contributed by atoms with van der Waals surface area (Å²) >= 11 is 0. The normalized spacial score (nSPS) is 19.3. The molecule has 1 aromatic rings. The minimum atomic E-state index is -0.0584. The van der Waals surface area contributed by atoms with Crippen LogP contribution in [0.5, 0.6) is 5.75 Å². The standard InChI is InChI=1S/C14H20N2O2/c1-11(17)16-13-4-6-14(7-5-13)18-10-12-3-2-8-15-9-12/h4-7,12,15H,2-3,8-10H2,1H3,(H,16,17). The molecular weight excluding hydrogens is 228 g/mol. The number of rotatable bonds is 4. The number of carbonyl (C=O) groups is 1. The van der Waals surface area contributed by atoms with Crippen LogP contribution in [-0.2, 0) is 4.79 Å². The van der Waals surface area contributed by atoms with Gasteiger partial charge in [-0.15, -0.1) is 0 Å². The van der Waals surface area contributed by atoms with E-state index in [2.05, 4.69) is 10.6 Å². The van der Waals surface area contributed by atoms with E-state index in [-0.39, 0.29) is 5.91 Å². The van der Waals surface area contributed by atoms with E-state index in [0.717, 1.165) is 31.1 Å². The van der Waals surface area contributed by atoms with E-state index in [4.69, 9.17) is 4.74 Å². The average molecular weight is 248 g/mol. The first-order valence-electron chi connectivity index (χ1n) is 6.45. The molecule has 0 spiro atoms. The van der Waals surface area contributed by atoms with Crippen molar-refractivity contribution in [3.8, 4) is 5.75 Å². The summed E-state index contributed by atoms with van der Waals surface area (Å²) in [7, 11) is 0. The van der Waals surface area contributed by atoms with Gasteiger partial charge in [-0.1, -0.05) is 0 Å². The van der Waals surface area contributed by atoms with E-state index in [1.165, 1.54) is 19.8 Å². The number of benzene rings is 1. The third-order valence-electron chi connectivity index (χ3n) is 3.06. The van der Waals surface area contributed by atoms with Crippen molar-refractivity contribution in [3.05, 3.63) is 24.3 Å². The van der Waals surface area contributed by atoms with E-state index < -0.39 is 0 Å². The van der Waals surface area contributed by atoms with Crippen LogP contribution in [0.25, 0.3) is 0 Å². The van der Waals surface area contributed by atoms with Crippen molar-refractivity contribution in [1.29, 1.82) is 0 Å². The topological polar surface area (TPSA) is 50.4 Å². The van der Waals surface area contributed by atoms with Crippen LogP contribution in [0, 0.1) is 5.92 Å². The van der Waals surface area contributed by atoms with Crippen LogP contribution in [0.15, 0.2) is 24.3 Å². The first kappa shape index (κ1) is 12.9. The van der Waals surface area contributed by atoms with Crippen LogP contribution in [0.4, 0.5) is 5.69 Å². The van der Waals surface area contributed by atoms with E-state index in [1.807, 2.05) is 24.3 Å². The maximum absolute atomic E-state index is 10.9. The second-order valence-corrected chi connectivity index (χ2v) is 4.73. The minimum Gasteiger partial charge on any atom is -0.493 e. The van der Waals surface area contributed by atoms with Crippen molar-refractivity contribution in [1.82, 2.24) is 5.32 Å². The summed E-state index contributed by atoms with van der Waals surface area (Å²) < 4.78 is 5.75. The molecule has 1 atom stereocenters. The second-order valence-electron chi connectivity index (χ2n) is 4.73. The molecule has 0 aromatic heterocycles. The smallest absolute Gasteiger partial charge is 0.221 e. The van der Waals surface area contributed by atoms with Gasteiger partial charge in [-0.25, -0.2) is 0 Å². The van der Waals surface area contributed by atoms with Crippen LogP contribution in [-0.4, -0.2) is 25.6 Å². The number of amides is 1. The Labute approximate surface area is 108 Å². The van der Waals surface area contributed by atoms with Gasteiger partial charge >= 0.3 is 0 Å². The number of hydrogen-bond donors (Lipinski definition) is 2. The summed E-state index contributed by atoms with van der Waals surface area (Å²) in [4.78, 5) is 10.9. The summed E-state index contributed by atoms with van der Waals surface area (Å²) in [6.45, 7) is 4.43. The van der Waals surface area contributed by atoms with Crippen molar-refractivity contribution in [3.63, 3.8) is 0 Å². The highest BCUT2D eigenvalue weighted by Gasteiger charge is 2.13. The molecule has 1 aliphatic rings. The molecular formula is C14H20N2O2. The molecule has 0 bridgehead atoms. The quantitative estimate of drug-likeness (QED) is 0.857. The molecule has 0 aliphatic carbocycles. The highest BCUT2D eigenvalue weighted by atomic mass is 16.5. The van der Waals surface area contributed by atoms with Crippen molar-refractivity contribution >= 4 is 11.6 Å². The zero-order valence-corrected chi connectivity index (χ0v) is 10.7. The monoisotopic (exact) mass is 248 g/mol. The molecule has 1 fully saturated rings. The molecule has 0 saturated carbocycles. The lowest BCUT2D eigenvalue weighted by Gasteiger charge is -2.22. The Morgan fingerprint density at radius 3 is 2.83 bits per heavy atom. The zero-order valence-electron chi connectivity index (χ0n) is 10.7. The van der Waals surface area contributed by atoms with Crippen LogP contribution in [0.3, 0.4) is 0 Å². The fourth-order valence-electron chi connectivity index (χ4n) is 2.12.